The second-order valence-corrected chi connectivity index (χ2v) is 4.98. The predicted octanol–water partition coefficient (Wildman–Crippen LogP) is 2.62. The quantitative estimate of drug-likeness (QED) is 0.901. The molecular formula is C14H13NO3S. The normalized spacial score (nSPS) is 11.8. The summed E-state index contributed by atoms with van der Waals surface area (Å²) in [6.45, 7) is 1.44. The Bertz CT molecular complexity index is 592. The fourth-order valence-electron chi connectivity index (χ4n) is 1.65. The van der Waals surface area contributed by atoms with E-state index in [9.17, 15) is 9.59 Å². The lowest BCUT2D eigenvalue weighted by molar-refractivity contribution is -0.138. The Morgan fingerprint density at radius 1 is 1.21 bits per heavy atom. The lowest BCUT2D eigenvalue weighted by Crippen LogP contribution is -2.38. The first-order valence-electron chi connectivity index (χ1n) is 5.76. The maximum atomic E-state index is 12.1. The van der Waals surface area contributed by atoms with Crippen LogP contribution in [0.5, 0.6) is 0 Å². The van der Waals surface area contributed by atoms with Gasteiger partial charge in [0.05, 0.1) is 4.88 Å². The third-order valence-electron chi connectivity index (χ3n) is 2.67. The van der Waals surface area contributed by atoms with E-state index in [1.165, 1.54) is 18.3 Å². The van der Waals surface area contributed by atoms with Crippen molar-refractivity contribution in [2.24, 2.45) is 0 Å². The van der Waals surface area contributed by atoms with Gasteiger partial charge in [0, 0.05) is 5.56 Å². The highest BCUT2D eigenvalue weighted by Crippen LogP contribution is 2.28. The summed E-state index contributed by atoms with van der Waals surface area (Å²) in [6.07, 6.45) is 0. The Labute approximate surface area is 114 Å². The molecular weight excluding hydrogens is 262 g/mol. The van der Waals surface area contributed by atoms with Gasteiger partial charge in [0.1, 0.15) is 6.04 Å². The first-order chi connectivity index (χ1) is 9.09. The molecule has 1 heterocycles. The van der Waals surface area contributed by atoms with Gasteiger partial charge in [-0.2, -0.15) is 0 Å². The van der Waals surface area contributed by atoms with Crippen molar-refractivity contribution in [2.75, 3.05) is 0 Å². The molecule has 2 rings (SSSR count). The third kappa shape index (κ3) is 3.00. The molecule has 0 unspecified atom stereocenters. The second kappa shape index (κ2) is 5.67. The van der Waals surface area contributed by atoms with Crippen LogP contribution in [0.3, 0.4) is 0 Å². The van der Waals surface area contributed by atoms with E-state index in [1.54, 1.807) is 0 Å². The van der Waals surface area contributed by atoms with E-state index >= 15 is 0 Å². The van der Waals surface area contributed by atoms with Gasteiger partial charge in [-0.25, -0.2) is 0 Å². The topological polar surface area (TPSA) is 66.4 Å². The molecule has 0 bridgehead atoms. The Hall–Kier alpha value is -2.14. The molecule has 0 aliphatic rings. The van der Waals surface area contributed by atoms with Gasteiger partial charge in [-0.15, -0.1) is 11.3 Å². The van der Waals surface area contributed by atoms with Gasteiger partial charge in [-0.1, -0.05) is 30.3 Å². The van der Waals surface area contributed by atoms with E-state index in [2.05, 4.69) is 5.32 Å². The first kappa shape index (κ1) is 13.3. The number of aliphatic carboxylic acids is 1. The molecule has 0 saturated carbocycles. The number of rotatable bonds is 4. The number of amides is 1. The van der Waals surface area contributed by atoms with Crippen LogP contribution in [-0.2, 0) is 4.79 Å². The highest BCUT2D eigenvalue weighted by molar-refractivity contribution is 7.12. The fraction of sp³-hybridized carbons (Fsp3) is 0.143. The van der Waals surface area contributed by atoms with E-state index < -0.39 is 12.0 Å². The summed E-state index contributed by atoms with van der Waals surface area (Å²) in [7, 11) is 0. The number of nitrogens with one attached hydrogen (secondary N) is 1. The van der Waals surface area contributed by atoms with Crippen LogP contribution in [0.4, 0.5) is 0 Å². The van der Waals surface area contributed by atoms with Gasteiger partial charge in [0.25, 0.3) is 5.91 Å². The minimum absolute atomic E-state index is 0.358. The van der Waals surface area contributed by atoms with Crippen LogP contribution in [0.1, 0.15) is 16.6 Å². The van der Waals surface area contributed by atoms with Gasteiger partial charge >= 0.3 is 5.97 Å². The van der Waals surface area contributed by atoms with Crippen molar-refractivity contribution >= 4 is 23.2 Å². The van der Waals surface area contributed by atoms with E-state index in [0.717, 1.165) is 11.1 Å². The molecule has 1 atom stereocenters. The lowest BCUT2D eigenvalue weighted by Gasteiger charge is -2.09. The SMILES string of the molecule is C[C@@H](NC(=O)c1sccc1-c1ccccc1)C(=O)O. The van der Waals surface area contributed by atoms with Crippen LogP contribution in [-0.4, -0.2) is 23.0 Å². The van der Waals surface area contributed by atoms with E-state index in [1.807, 2.05) is 41.8 Å². The van der Waals surface area contributed by atoms with E-state index in [0.29, 0.717) is 4.88 Å². The summed E-state index contributed by atoms with van der Waals surface area (Å²) < 4.78 is 0. The summed E-state index contributed by atoms with van der Waals surface area (Å²) in [4.78, 5) is 23.3. The van der Waals surface area contributed by atoms with Crippen molar-refractivity contribution < 1.29 is 14.7 Å². The molecule has 0 fully saturated rings. The van der Waals surface area contributed by atoms with Gasteiger partial charge in [0.2, 0.25) is 0 Å². The minimum Gasteiger partial charge on any atom is -0.480 e. The van der Waals surface area contributed by atoms with Gasteiger partial charge in [-0.3, -0.25) is 9.59 Å². The van der Waals surface area contributed by atoms with Crippen molar-refractivity contribution in [3.8, 4) is 11.1 Å². The lowest BCUT2D eigenvalue weighted by atomic mass is 10.1. The molecule has 1 aromatic heterocycles. The number of hydrogen-bond acceptors (Lipinski definition) is 3. The summed E-state index contributed by atoms with van der Waals surface area (Å²) in [5, 5.41) is 13.1. The zero-order chi connectivity index (χ0) is 13.8. The van der Waals surface area contributed by atoms with Crippen LogP contribution in [0.25, 0.3) is 11.1 Å². The molecule has 19 heavy (non-hydrogen) atoms. The number of carboxylic acid groups (broad SMARTS) is 1. The van der Waals surface area contributed by atoms with Crippen LogP contribution in [0.2, 0.25) is 0 Å². The standard InChI is InChI=1S/C14H13NO3S/c1-9(14(17)18)15-13(16)12-11(7-8-19-12)10-5-3-2-4-6-10/h2-9H,1H3,(H,15,16)(H,17,18)/t9-/m1/s1. The van der Waals surface area contributed by atoms with Crippen molar-refractivity contribution in [1.29, 1.82) is 0 Å². The van der Waals surface area contributed by atoms with Crippen LogP contribution in [0, 0.1) is 0 Å². The monoisotopic (exact) mass is 275 g/mol. The van der Waals surface area contributed by atoms with Crippen LogP contribution in [0.15, 0.2) is 41.8 Å². The molecule has 2 N–H and O–H groups in total. The number of hydrogen-bond donors (Lipinski definition) is 2. The van der Waals surface area contributed by atoms with Crippen molar-refractivity contribution in [1.82, 2.24) is 5.32 Å². The highest BCUT2D eigenvalue weighted by atomic mass is 32.1. The van der Waals surface area contributed by atoms with Crippen molar-refractivity contribution in [2.45, 2.75) is 13.0 Å². The second-order valence-electron chi connectivity index (χ2n) is 4.06. The molecule has 0 aliphatic carbocycles. The zero-order valence-corrected chi connectivity index (χ0v) is 11.1. The molecule has 1 amide bonds. The van der Waals surface area contributed by atoms with E-state index in [-0.39, 0.29) is 5.91 Å². The third-order valence-corrected chi connectivity index (χ3v) is 3.59. The number of thiophene rings is 1. The van der Waals surface area contributed by atoms with Crippen LogP contribution < -0.4 is 5.32 Å². The first-order valence-corrected chi connectivity index (χ1v) is 6.64. The van der Waals surface area contributed by atoms with Crippen molar-refractivity contribution in [3.63, 3.8) is 0 Å². The van der Waals surface area contributed by atoms with Crippen LogP contribution >= 0.6 is 11.3 Å². The molecule has 98 valence electrons. The maximum absolute atomic E-state index is 12.1. The predicted molar refractivity (Wildman–Crippen MR) is 74.3 cm³/mol. The molecule has 1 aromatic carbocycles. The average molecular weight is 275 g/mol. The molecule has 0 spiro atoms. The Morgan fingerprint density at radius 2 is 1.89 bits per heavy atom. The number of carboxylic acids is 1. The molecule has 0 aliphatic heterocycles. The van der Waals surface area contributed by atoms with Gasteiger partial charge in [-0.05, 0) is 23.9 Å². The summed E-state index contributed by atoms with van der Waals surface area (Å²) in [5.41, 5.74) is 1.76. The van der Waals surface area contributed by atoms with E-state index in [4.69, 9.17) is 5.11 Å². The summed E-state index contributed by atoms with van der Waals surface area (Å²) in [6, 6.07) is 10.5. The summed E-state index contributed by atoms with van der Waals surface area (Å²) in [5.74, 6) is -1.41. The highest BCUT2D eigenvalue weighted by Gasteiger charge is 2.19. The summed E-state index contributed by atoms with van der Waals surface area (Å²) >= 11 is 1.30. The average Bonchev–Trinajstić information content (AvgIpc) is 2.88. The molecule has 2 aromatic rings. The maximum Gasteiger partial charge on any atom is 0.325 e. The smallest absolute Gasteiger partial charge is 0.325 e. The Kier molecular flexibility index (Phi) is 3.97. The van der Waals surface area contributed by atoms with Gasteiger partial charge in [0.15, 0.2) is 0 Å². The Balaban J connectivity index is 2.25. The number of carbonyl (C=O) groups is 2. The van der Waals surface area contributed by atoms with Gasteiger partial charge < -0.3 is 10.4 Å². The molecule has 0 saturated heterocycles. The zero-order valence-electron chi connectivity index (χ0n) is 10.3. The Morgan fingerprint density at radius 3 is 2.53 bits per heavy atom. The number of benzene rings is 1. The molecule has 5 heteroatoms. The largest absolute Gasteiger partial charge is 0.480 e. The fourth-order valence-corrected chi connectivity index (χ4v) is 2.47. The minimum atomic E-state index is -1.05. The molecule has 4 nitrogen and oxygen atoms in total. The number of carbonyl (C=O) groups excluding carboxylic acids is 1. The van der Waals surface area contributed by atoms with Crippen molar-refractivity contribution in [3.05, 3.63) is 46.7 Å². The molecule has 0 radical (unpaired) electrons.